The molecule has 0 saturated carbocycles. The summed E-state index contributed by atoms with van der Waals surface area (Å²) in [5.41, 5.74) is 5.32. The van der Waals surface area contributed by atoms with Crippen molar-refractivity contribution in [2.75, 3.05) is 0 Å². The molecule has 4 nitrogen and oxygen atoms in total. The second-order valence-corrected chi connectivity index (χ2v) is 6.34. The summed E-state index contributed by atoms with van der Waals surface area (Å²) in [6.07, 6.45) is 6.16. The molecule has 1 heterocycles. The number of nitrogens with zero attached hydrogens (tertiary/aromatic N) is 2. The van der Waals surface area contributed by atoms with E-state index in [9.17, 15) is 4.79 Å². The van der Waals surface area contributed by atoms with Crippen LogP contribution < -0.4 is 5.43 Å². The maximum Gasteiger partial charge on any atom is 0.281 e. The summed E-state index contributed by atoms with van der Waals surface area (Å²) in [5.74, 6) is -0.163. The predicted molar refractivity (Wildman–Crippen MR) is 87.2 cm³/mol. The first-order chi connectivity index (χ1) is 10.8. The highest BCUT2D eigenvalue weighted by atomic mass is 32.1. The maximum absolute atomic E-state index is 12.1. The van der Waals surface area contributed by atoms with Gasteiger partial charge in [-0.3, -0.25) is 4.79 Å². The van der Waals surface area contributed by atoms with Gasteiger partial charge in [-0.15, -0.1) is 11.3 Å². The van der Waals surface area contributed by atoms with Crippen molar-refractivity contribution in [2.45, 2.75) is 25.7 Å². The van der Waals surface area contributed by atoms with Crippen molar-refractivity contribution in [3.8, 4) is 6.07 Å². The third-order valence-electron chi connectivity index (χ3n) is 3.64. The molecule has 22 heavy (non-hydrogen) atoms. The standard InChI is InChI=1S/C17H15N3OS/c18-10-12-5-7-13(8-6-12)11-19-20-17(21)16-9-14-3-1-2-4-15(14)22-16/h5-9,11H,1-4H2,(H,20,21). The Morgan fingerprint density at radius 1 is 1.27 bits per heavy atom. The number of rotatable bonds is 3. The number of fused-ring (bicyclic) bond motifs is 1. The van der Waals surface area contributed by atoms with E-state index in [0.29, 0.717) is 5.56 Å². The van der Waals surface area contributed by atoms with Crippen molar-refractivity contribution in [1.29, 1.82) is 5.26 Å². The summed E-state index contributed by atoms with van der Waals surface area (Å²) < 4.78 is 0. The van der Waals surface area contributed by atoms with Gasteiger partial charge in [-0.25, -0.2) is 5.43 Å². The molecule has 0 unspecified atom stereocenters. The smallest absolute Gasteiger partial charge is 0.266 e. The van der Waals surface area contributed by atoms with E-state index in [0.717, 1.165) is 23.3 Å². The normalized spacial score (nSPS) is 13.6. The van der Waals surface area contributed by atoms with Gasteiger partial charge in [-0.2, -0.15) is 10.4 Å². The monoisotopic (exact) mass is 309 g/mol. The first kappa shape index (κ1) is 14.5. The highest BCUT2D eigenvalue weighted by molar-refractivity contribution is 7.14. The molecular formula is C17H15N3OS. The van der Waals surface area contributed by atoms with Crippen LogP contribution in [0.5, 0.6) is 0 Å². The van der Waals surface area contributed by atoms with Gasteiger partial charge in [0.05, 0.1) is 22.7 Å². The molecular weight excluding hydrogens is 294 g/mol. The number of benzene rings is 1. The fraction of sp³-hybridized carbons (Fsp3) is 0.235. The molecule has 0 atom stereocenters. The van der Waals surface area contributed by atoms with E-state index in [1.165, 1.54) is 23.3 Å². The summed E-state index contributed by atoms with van der Waals surface area (Å²) in [6.45, 7) is 0. The topological polar surface area (TPSA) is 65.2 Å². The zero-order valence-electron chi connectivity index (χ0n) is 12.0. The molecule has 1 N–H and O–H groups in total. The average molecular weight is 309 g/mol. The van der Waals surface area contributed by atoms with Gasteiger partial charge in [0, 0.05) is 4.88 Å². The van der Waals surface area contributed by atoms with Crippen LogP contribution >= 0.6 is 11.3 Å². The number of hydrazone groups is 1. The van der Waals surface area contributed by atoms with Crippen LogP contribution in [-0.2, 0) is 12.8 Å². The number of carbonyl (C=O) groups excluding carboxylic acids is 1. The molecule has 0 radical (unpaired) electrons. The van der Waals surface area contributed by atoms with E-state index in [4.69, 9.17) is 5.26 Å². The second kappa shape index (κ2) is 6.54. The van der Waals surface area contributed by atoms with Crippen LogP contribution in [0.15, 0.2) is 35.4 Å². The largest absolute Gasteiger partial charge is 0.281 e. The van der Waals surface area contributed by atoms with Crippen LogP contribution in [0.3, 0.4) is 0 Å². The molecule has 0 spiro atoms. The van der Waals surface area contributed by atoms with Crippen LogP contribution in [0.1, 0.15) is 44.1 Å². The number of hydrogen-bond donors (Lipinski definition) is 1. The number of carbonyl (C=O) groups is 1. The Morgan fingerprint density at radius 2 is 2.05 bits per heavy atom. The lowest BCUT2D eigenvalue weighted by Gasteiger charge is -2.08. The minimum atomic E-state index is -0.163. The number of nitriles is 1. The molecule has 1 aliphatic carbocycles. The van der Waals surface area contributed by atoms with Crippen LogP contribution in [0.2, 0.25) is 0 Å². The van der Waals surface area contributed by atoms with Crippen molar-refractivity contribution in [3.05, 3.63) is 56.8 Å². The third-order valence-corrected chi connectivity index (χ3v) is 4.88. The second-order valence-electron chi connectivity index (χ2n) is 5.20. The van der Waals surface area contributed by atoms with Crippen molar-refractivity contribution in [2.24, 2.45) is 5.10 Å². The Bertz CT molecular complexity index is 730. The van der Waals surface area contributed by atoms with Gasteiger partial charge in [-0.05, 0) is 55.0 Å². The van der Waals surface area contributed by atoms with Gasteiger partial charge >= 0.3 is 0 Å². The predicted octanol–water partition coefficient (Wildman–Crippen LogP) is 3.26. The molecule has 0 saturated heterocycles. The van der Waals surface area contributed by atoms with E-state index in [2.05, 4.69) is 16.6 Å². The van der Waals surface area contributed by atoms with E-state index >= 15 is 0 Å². The molecule has 110 valence electrons. The van der Waals surface area contributed by atoms with Gasteiger partial charge in [0.1, 0.15) is 0 Å². The van der Waals surface area contributed by atoms with E-state index in [1.54, 1.807) is 41.8 Å². The van der Waals surface area contributed by atoms with Crippen LogP contribution in [-0.4, -0.2) is 12.1 Å². The molecule has 1 aliphatic rings. The Balaban J connectivity index is 1.63. The van der Waals surface area contributed by atoms with E-state index < -0.39 is 0 Å². The lowest BCUT2D eigenvalue weighted by Crippen LogP contribution is -2.16. The van der Waals surface area contributed by atoms with Gasteiger partial charge in [-0.1, -0.05) is 12.1 Å². The summed E-state index contributed by atoms with van der Waals surface area (Å²) in [6, 6.07) is 11.1. The molecule has 3 rings (SSSR count). The van der Waals surface area contributed by atoms with Crippen molar-refractivity contribution >= 4 is 23.5 Å². The van der Waals surface area contributed by atoms with E-state index in [1.807, 2.05) is 6.07 Å². The number of thiophene rings is 1. The fourth-order valence-electron chi connectivity index (χ4n) is 2.47. The maximum atomic E-state index is 12.1. The minimum Gasteiger partial charge on any atom is -0.266 e. The number of aryl methyl sites for hydroxylation is 2. The molecule has 0 aliphatic heterocycles. The van der Waals surface area contributed by atoms with Gasteiger partial charge in [0.2, 0.25) is 0 Å². The van der Waals surface area contributed by atoms with Gasteiger partial charge < -0.3 is 0 Å². The Kier molecular flexibility index (Phi) is 4.31. The molecule has 5 heteroatoms. The summed E-state index contributed by atoms with van der Waals surface area (Å²) >= 11 is 1.57. The lowest BCUT2D eigenvalue weighted by atomic mass is 9.99. The van der Waals surface area contributed by atoms with Crippen molar-refractivity contribution < 1.29 is 4.79 Å². The number of hydrogen-bond acceptors (Lipinski definition) is 4. The Hall–Kier alpha value is -2.45. The zero-order valence-corrected chi connectivity index (χ0v) is 12.8. The molecule has 1 aromatic heterocycles. The first-order valence-electron chi connectivity index (χ1n) is 7.21. The number of amides is 1. The average Bonchev–Trinajstić information content (AvgIpc) is 2.99. The van der Waals surface area contributed by atoms with Crippen LogP contribution in [0.4, 0.5) is 0 Å². The fourth-order valence-corrected chi connectivity index (χ4v) is 3.61. The van der Waals surface area contributed by atoms with Crippen LogP contribution in [0, 0.1) is 11.3 Å². The highest BCUT2D eigenvalue weighted by Gasteiger charge is 2.16. The molecule has 2 aromatic rings. The van der Waals surface area contributed by atoms with Gasteiger partial charge in [0.25, 0.3) is 5.91 Å². The Morgan fingerprint density at radius 3 is 2.77 bits per heavy atom. The minimum absolute atomic E-state index is 0.163. The molecule has 1 aromatic carbocycles. The summed E-state index contributed by atoms with van der Waals surface area (Å²) in [4.78, 5) is 14.2. The third kappa shape index (κ3) is 3.23. The van der Waals surface area contributed by atoms with Gasteiger partial charge in [0.15, 0.2) is 0 Å². The highest BCUT2D eigenvalue weighted by Crippen LogP contribution is 2.29. The van der Waals surface area contributed by atoms with Crippen molar-refractivity contribution in [3.63, 3.8) is 0 Å². The lowest BCUT2D eigenvalue weighted by molar-refractivity contribution is 0.0959. The summed E-state index contributed by atoms with van der Waals surface area (Å²) in [7, 11) is 0. The Labute approximate surface area is 133 Å². The van der Waals surface area contributed by atoms with Crippen molar-refractivity contribution in [1.82, 2.24) is 5.43 Å². The number of nitrogens with one attached hydrogen (secondary N) is 1. The first-order valence-corrected chi connectivity index (χ1v) is 8.03. The van der Waals surface area contributed by atoms with Crippen LogP contribution in [0.25, 0.3) is 0 Å². The molecule has 0 fully saturated rings. The molecule has 1 amide bonds. The zero-order chi connectivity index (χ0) is 15.4. The van der Waals surface area contributed by atoms with E-state index in [-0.39, 0.29) is 5.91 Å². The summed E-state index contributed by atoms with van der Waals surface area (Å²) in [5, 5.41) is 12.7. The SMILES string of the molecule is N#Cc1ccc(C=NNC(=O)c2cc3c(s2)CCCC3)cc1. The molecule has 0 bridgehead atoms. The quantitative estimate of drug-likeness (QED) is 0.698.